The maximum Gasteiger partial charge on any atom is 0.242 e. The molecular formula is C21H26N2O2S. The summed E-state index contributed by atoms with van der Waals surface area (Å²) in [4.78, 5) is 27.6. The normalized spacial score (nSPS) is 11.7. The topological polar surface area (TPSA) is 49.4 Å². The van der Waals surface area contributed by atoms with Crippen LogP contribution in [0.5, 0.6) is 0 Å². The molecule has 0 radical (unpaired) electrons. The van der Waals surface area contributed by atoms with Crippen molar-refractivity contribution in [3.8, 4) is 0 Å². The summed E-state index contributed by atoms with van der Waals surface area (Å²) < 4.78 is 0. The Kier molecular flexibility index (Phi) is 7.73. The molecule has 0 heterocycles. The van der Waals surface area contributed by atoms with E-state index in [9.17, 15) is 9.59 Å². The first-order valence-corrected chi connectivity index (χ1v) is 9.74. The third-order valence-electron chi connectivity index (χ3n) is 4.28. The number of amides is 2. The molecule has 5 heteroatoms. The molecular weight excluding hydrogens is 344 g/mol. The van der Waals surface area contributed by atoms with Crippen LogP contribution in [0.2, 0.25) is 0 Å². The van der Waals surface area contributed by atoms with Crippen LogP contribution in [0.25, 0.3) is 0 Å². The van der Waals surface area contributed by atoms with Crippen molar-refractivity contribution >= 4 is 23.6 Å². The number of hydrogen-bond acceptors (Lipinski definition) is 3. The van der Waals surface area contributed by atoms with Gasteiger partial charge < -0.3 is 10.2 Å². The predicted molar refractivity (Wildman–Crippen MR) is 107 cm³/mol. The molecule has 4 nitrogen and oxygen atoms in total. The van der Waals surface area contributed by atoms with Gasteiger partial charge in [0.25, 0.3) is 0 Å². The molecule has 26 heavy (non-hydrogen) atoms. The third kappa shape index (κ3) is 5.92. The van der Waals surface area contributed by atoms with Crippen LogP contribution in [0, 0.1) is 6.92 Å². The van der Waals surface area contributed by atoms with Gasteiger partial charge in [0.2, 0.25) is 11.8 Å². The number of benzene rings is 2. The maximum absolute atomic E-state index is 12.8. The van der Waals surface area contributed by atoms with E-state index in [0.717, 1.165) is 16.9 Å². The van der Waals surface area contributed by atoms with E-state index < -0.39 is 6.04 Å². The van der Waals surface area contributed by atoms with Gasteiger partial charge in [-0.15, -0.1) is 11.8 Å². The van der Waals surface area contributed by atoms with Crippen molar-refractivity contribution in [2.45, 2.75) is 31.2 Å². The van der Waals surface area contributed by atoms with Gasteiger partial charge in [-0.2, -0.15) is 0 Å². The van der Waals surface area contributed by atoms with Gasteiger partial charge in [-0.3, -0.25) is 9.59 Å². The fourth-order valence-corrected chi connectivity index (χ4v) is 3.43. The van der Waals surface area contributed by atoms with Crippen molar-refractivity contribution in [1.82, 2.24) is 10.2 Å². The lowest BCUT2D eigenvalue weighted by molar-refractivity contribution is -0.137. The molecule has 0 saturated heterocycles. The van der Waals surface area contributed by atoms with Crippen LogP contribution < -0.4 is 5.32 Å². The van der Waals surface area contributed by atoms with E-state index in [-0.39, 0.29) is 11.8 Å². The molecule has 0 fully saturated rings. The summed E-state index contributed by atoms with van der Waals surface area (Å²) in [6.07, 6.45) is 0.725. The first-order valence-electron chi connectivity index (χ1n) is 8.75. The second-order valence-corrected chi connectivity index (χ2v) is 7.26. The van der Waals surface area contributed by atoms with Gasteiger partial charge in [-0.25, -0.2) is 0 Å². The number of thioether (sulfide) groups is 1. The lowest BCUT2D eigenvalue weighted by Gasteiger charge is -2.28. The van der Waals surface area contributed by atoms with Crippen molar-refractivity contribution in [2.24, 2.45) is 0 Å². The average molecular weight is 371 g/mol. The smallest absolute Gasteiger partial charge is 0.242 e. The van der Waals surface area contributed by atoms with E-state index in [0.29, 0.717) is 12.3 Å². The number of nitrogens with one attached hydrogen (secondary N) is 1. The Hall–Kier alpha value is -2.27. The Bertz CT molecular complexity index is 717. The summed E-state index contributed by atoms with van der Waals surface area (Å²) in [6, 6.07) is 17.6. The van der Waals surface area contributed by atoms with Crippen LogP contribution in [0.15, 0.2) is 59.5 Å². The molecule has 0 spiro atoms. The van der Waals surface area contributed by atoms with Gasteiger partial charge in [0.1, 0.15) is 6.04 Å². The Balaban J connectivity index is 2.02. The summed E-state index contributed by atoms with van der Waals surface area (Å²) in [5.41, 5.74) is 2.35. The standard InChI is InChI=1S/C21H26N2O2S/c1-16-9-11-19(12-10-16)26-15-20(24)23(17(2)21(25)22-3)14-13-18-7-5-4-6-8-18/h4-12,17H,13-15H2,1-3H3,(H,22,25)/t17-/m1/s1. The minimum absolute atomic E-state index is 0.0254. The Labute approximate surface area is 160 Å². The first kappa shape index (κ1) is 20.0. The van der Waals surface area contributed by atoms with Crippen molar-refractivity contribution < 1.29 is 9.59 Å². The molecule has 0 aromatic heterocycles. The zero-order valence-corrected chi connectivity index (χ0v) is 16.4. The van der Waals surface area contributed by atoms with Crippen LogP contribution in [0.4, 0.5) is 0 Å². The molecule has 0 aliphatic rings. The molecule has 2 amide bonds. The minimum atomic E-state index is -0.491. The summed E-state index contributed by atoms with van der Waals surface area (Å²) in [5, 5.41) is 2.64. The molecule has 1 N–H and O–H groups in total. The molecule has 0 unspecified atom stereocenters. The van der Waals surface area contributed by atoms with Crippen molar-refractivity contribution in [1.29, 1.82) is 0 Å². The number of rotatable bonds is 8. The zero-order chi connectivity index (χ0) is 18.9. The number of likely N-dealkylation sites (N-methyl/N-ethyl adjacent to an activating group) is 1. The number of nitrogens with zero attached hydrogens (tertiary/aromatic N) is 1. The lowest BCUT2D eigenvalue weighted by atomic mass is 10.1. The van der Waals surface area contributed by atoms with Crippen LogP contribution in [0.3, 0.4) is 0 Å². The van der Waals surface area contributed by atoms with E-state index >= 15 is 0 Å². The van der Waals surface area contributed by atoms with E-state index in [2.05, 4.69) is 5.32 Å². The van der Waals surface area contributed by atoms with E-state index in [1.165, 1.54) is 17.3 Å². The molecule has 2 rings (SSSR count). The second-order valence-electron chi connectivity index (χ2n) is 6.21. The third-order valence-corrected chi connectivity index (χ3v) is 5.28. The van der Waals surface area contributed by atoms with Gasteiger partial charge in [-0.1, -0.05) is 48.0 Å². The van der Waals surface area contributed by atoms with Crippen LogP contribution >= 0.6 is 11.8 Å². The summed E-state index contributed by atoms with van der Waals surface area (Å²) in [7, 11) is 1.60. The molecule has 0 saturated carbocycles. The van der Waals surface area contributed by atoms with E-state index in [4.69, 9.17) is 0 Å². The fourth-order valence-electron chi connectivity index (χ4n) is 2.64. The molecule has 1 atom stereocenters. The lowest BCUT2D eigenvalue weighted by Crippen LogP contribution is -2.48. The van der Waals surface area contributed by atoms with Crippen molar-refractivity contribution in [3.05, 3.63) is 65.7 Å². The molecule has 0 bridgehead atoms. The number of hydrogen-bond donors (Lipinski definition) is 1. The maximum atomic E-state index is 12.8. The average Bonchev–Trinajstić information content (AvgIpc) is 2.67. The first-order chi connectivity index (χ1) is 12.5. The Morgan fingerprint density at radius 2 is 1.73 bits per heavy atom. The Morgan fingerprint density at radius 1 is 1.08 bits per heavy atom. The highest BCUT2D eigenvalue weighted by atomic mass is 32.2. The molecule has 0 aliphatic heterocycles. The number of carbonyl (C=O) groups is 2. The monoisotopic (exact) mass is 370 g/mol. The zero-order valence-electron chi connectivity index (χ0n) is 15.6. The summed E-state index contributed by atoms with van der Waals surface area (Å²) in [5.74, 6) is 0.147. The van der Waals surface area contributed by atoms with Crippen LogP contribution in [-0.4, -0.2) is 42.1 Å². The van der Waals surface area contributed by atoms with Crippen molar-refractivity contribution in [3.63, 3.8) is 0 Å². The highest BCUT2D eigenvalue weighted by Crippen LogP contribution is 2.19. The second kappa shape index (κ2) is 10.0. The summed E-state index contributed by atoms with van der Waals surface area (Å²) in [6.45, 7) is 4.33. The molecule has 2 aromatic carbocycles. The highest BCUT2D eigenvalue weighted by molar-refractivity contribution is 8.00. The number of aryl methyl sites for hydroxylation is 1. The summed E-state index contributed by atoms with van der Waals surface area (Å²) >= 11 is 1.50. The SMILES string of the molecule is CNC(=O)[C@@H](C)N(CCc1ccccc1)C(=O)CSc1ccc(C)cc1. The van der Waals surface area contributed by atoms with Gasteiger partial charge in [0, 0.05) is 18.5 Å². The van der Waals surface area contributed by atoms with E-state index in [1.807, 2.05) is 61.5 Å². The molecule has 0 aliphatic carbocycles. The van der Waals surface area contributed by atoms with E-state index in [1.54, 1.807) is 18.9 Å². The fraction of sp³-hybridized carbons (Fsp3) is 0.333. The van der Waals surface area contributed by atoms with Gasteiger partial charge in [0.05, 0.1) is 5.75 Å². The van der Waals surface area contributed by atoms with Crippen LogP contribution in [-0.2, 0) is 16.0 Å². The van der Waals surface area contributed by atoms with Gasteiger partial charge in [0.15, 0.2) is 0 Å². The predicted octanol–water partition coefficient (Wildman–Crippen LogP) is 3.29. The largest absolute Gasteiger partial charge is 0.357 e. The van der Waals surface area contributed by atoms with Gasteiger partial charge >= 0.3 is 0 Å². The Morgan fingerprint density at radius 3 is 2.35 bits per heavy atom. The highest BCUT2D eigenvalue weighted by Gasteiger charge is 2.24. The number of carbonyl (C=O) groups excluding carboxylic acids is 2. The minimum Gasteiger partial charge on any atom is -0.357 e. The van der Waals surface area contributed by atoms with Crippen molar-refractivity contribution in [2.75, 3.05) is 19.3 Å². The quantitative estimate of drug-likeness (QED) is 0.726. The molecule has 138 valence electrons. The van der Waals surface area contributed by atoms with Gasteiger partial charge in [-0.05, 0) is 38.0 Å². The van der Waals surface area contributed by atoms with Crippen LogP contribution in [0.1, 0.15) is 18.1 Å². The molecule has 2 aromatic rings.